The van der Waals surface area contributed by atoms with Crippen molar-refractivity contribution < 1.29 is 8.42 Å². The van der Waals surface area contributed by atoms with Gasteiger partial charge in [0.05, 0.1) is 10.4 Å². The van der Waals surface area contributed by atoms with Gasteiger partial charge in [0.2, 0.25) is 5.28 Å². The van der Waals surface area contributed by atoms with Crippen LogP contribution in [-0.4, -0.2) is 24.6 Å². The van der Waals surface area contributed by atoms with Gasteiger partial charge in [-0.1, -0.05) is 6.07 Å². The molecule has 6 heteroatoms. The number of benzene rings is 1. The normalized spacial score (nSPS) is 12.1. The van der Waals surface area contributed by atoms with Crippen LogP contribution >= 0.6 is 11.6 Å². The first kappa shape index (κ1) is 9.48. The van der Waals surface area contributed by atoms with Crippen molar-refractivity contribution in [1.82, 2.24) is 9.97 Å². The zero-order valence-electron chi connectivity index (χ0n) is 7.28. The van der Waals surface area contributed by atoms with E-state index < -0.39 is 9.84 Å². The minimum atomic E-state index is -3.26. The molecule has 2 aromatic rings. The number of aromatic nitrogens is 2. The molecule has 0 saturated carbocycles. The Morgan fingerprint density at radius 2 is 2.14 bits per heavy atom. The van der Waals surface area contributed by atoms with Gasteiger partial charge >= 0.3 is 0 Å². The molecule has 0 radical (unpaired) electrons. The van der Waals surface area contributed by atoms with Gasteiger partial charge in [-0.25, -0.2) is 13.4 Å². The van der Waals surface area contributed by atoms with E-state index in [-0.39, 0.29) is 10.2 Å². The summed E-state index contributed by atoms with van der Waals surface area (Å²) in [6.07, 6.45) is 1.14. The largest absolute Gasteiger partial charge is 0.329 e. The Bertz CT molecular complexity index is 588. The molecule has 0 spiro atoms. The number of H-pyrrole nitrogens is 1. The first-order valence-corrected chi connectivity index (χ1v) is 6.10. The lowest BCUT2D eigenvalue weighted by atomic mass is 10.3. The summed E-state index contributed by atoms with van der Waals surface area (Å²) < 4.78 is 22.7. The first-order valence-electron chi connectivity index (χ1n) is 3.83. The molecule has 0 atom stereocenters. The van der Waals surface area contributed by atoms with Crippen LogP contribution in [0.2, 0.25) is 5.28 Å². The van der Waals surface area contributed by atoms with E-state index in [0.717, 1.165) is 6.26 Å². The predicted octanol–water partition coefficient (Wildman–Crippen LogP) is 1.62. The average molecular weight is 231 g/mol. The van der Waals surface area contributed by atoms with Gasteiger partial charge < -0.3 is 4.98 Å². The number of nitrogens with zero attached hydrogens (tertiary/aromatic N) is 1. The Hall–Kier alpha value is -1.07. The second-order valence-electron chi connectivity index (χ2n) is 2.95. The summed E-state index contributed by atoms with van der Waals surface area (Å²) in [4.78, 5) is 6.86. The van der Waals surface area contributed by atoms with Gasteiger partial charge in [-0.3, -0.25) is 0 Å². The SMILES string of the molecule is CS(=O)(=O)c1cccc2[nH]c(Cl)nc12. The van der Waals surface area contributed by atoms with Gasteiger partial charge in [-0.2, -0.15) is 0 Å². The number of fused-ring (bicyclic) bond motifs is 1. The molecular formula is C8H7ClN2O2S. The number of halogens is 1. The fourth-order valence-electron chi connectivity index (χ4n) is 1.27. The molecule has 0 saturated heterocycles. The number of hydrogen-bond donors (Lipinski definition) is 1. The first-order chi connectivity index (χ1) is 6.48. The van der Waals surface area contributed by atoms with E-state index in [1.54, 1.807) is 12.1 Å². The summed E-state index contributed by atoms with van der Waals surface area (Å²) in [5, 5.41) is 0.191. The number of hydrogen-bond acceptors (Lipinski definition) is 3. The summed E-state index contributed by atoms with van der Waals surface area (Å²) in [5.41, 5.74) is 1.01. The second-order valence-corrected chi connectivity index (χ2v) is 5.29. The van der Waals surface area contributed by atoms with Crippen molar-refractivity contribution in [3.05, 3.63) is 23.5 Å². The highest BCUT2D eigenvalue weighted by atomic mass is 35.5. The van der Waals surface area contributed by atoms with E-state index >= 15 is 0 Å². The van der Waals surface area contributed by atoms with E-state index in [0.29, 0.717) is 11.0 Å². The predicted molar refractivity (Wildman–Crippen MR) is 54.2 cm³/mol. The zero-order chi connectivity index (χ0) is 10.3. The zero-order valence-corrected chi connectivity index (χ0v) is 8.85. The van der Waals surface area contributed by atoms with E-state index in [1.807, 2.05) is 0 Å². The Morgan fingerprint density at radius 1 is 1.43 bits per heavy atom. The number of nitrogens with one attached hydrogen (secondary N) is 1. The van der Waals surface area contributed by atoms with Crippen LogP contribution in [0.4, 0.5) is 0 Å². The van der Waals surface area contributed by atoms with E-state index in [4.69, 9.17) is 11.6 Å². The van der Waals surface area contributed by atoms with Gasteiger partial charge in [-0.05, 0) is 23.7 Å². The molecule has 0 aliphatic rings. The third-order valence-electron chi connectivity index (χ3n) is 1.85. The molecule has 1 aromatic heterocycles. The summed E-state index contributed by atoms with van der Waals surface area (Å²) in [7, 11) is -3.26. The number of para-hydroxylation sites is 1. The topological polar surface area (TPSA) is 62.8 Å². The van der Waals surface area contributed by atoms with Gasteiger partial charge in [0.25, 0.3) is 0 Å². The Labute approximate surface area is 85.8 Å². The fraction of sp³-hybridized carbons (Fsp3) is 0.125. The molecule has 14 heavy (non-hydrogen) atoms. The minimum absolute atomic E-state index is 0.191. The molecule has 4 nitrogen and oxygen atoms in total. The molecule has 0 aliphatic heterocycles. The maximum Gasteiger partial charge on any atom is 0.201 e. The Morgan fingerprint density at radius 3 is 2.79 bits per heavy atom. The lowest BCUT2D eigenvalue weighted by Crippen LogP contribution is -1.97. The van der Waals surface area contributed by atoms with Gasteiger partial charge in [-0.15, -0.1) is 0 Å². The summed E-state index contributed by atoms with van der Waals surface area (Å²) in [5.74, 6) is 0. The highest BCUT2D eigenvalue weighted by Crippen LogP contribution is 2.22. The lowest BCUT2D eigenvalue weighted by molar-refractivity contribution is 0.602. The molecule has 1 aromatic carbocycles. The van der Waals surface area contributed by atoms with E-state index in [2.05, 4.69) is 9.97 Å². The molecule has 1 N–H and O–H groups in total. The highest BCUT2D eigenvalue weighted by Gasteiger charge is 2.14. The maximum absolute atomic E-state index is 11.4. The van der Waals surface area contributed by atoms with Crippen molar-refractivity contribution in [2.45, 2.75) is 4.90 Å². The molecule has 0 amide bonds. The second kappa shape index (κ2) is 2.96. The molecule has 2 rings (SSSR count). The van der Waals surface area contributed by atoms with Crippen LogP contribution in [0.25, 0.3) is 11.0 Å². The van der Waals surface area contributed by atoms with Crippen molar-refractivity contribution in [3.8, 4) is 0 Å². The van der Waals surface area contributed by atoms with Gasteiger partial charge in [0.15, 0.2) is 9.84 Å². The third kappa shape index (κ3) is 1.49. The van der Waals surface area contributed by atoms with Crippen LogP contribution in [-0.2, 0) is 9.84 Å². The average Bonchev–Trinajstić information content (AvgIpc) is 2.41. The standard InChI is InChI=1S/C8H7ClN2O2S/c1-14(12,13)6-4-2-3-5-7(6)11-8(9)10-5/h2-4H,1H3,(H,10,11). The minimum Gasteiger partial charge on any atom is -0.329 e. The number of aromatic amines is 1. The van der Waals surface area contributed by atoms with E-state index in [9.17, 15) is 8.42 Å². The molecule has 0 bridgehead atoms. The summed E-state index contributed by atoms with van der Waals surface area (Å²) in [6, 6.07) is 4.88. The Balaban J connectivity index is 2.90. The fourth-order valence-corrected chi connectivity index (χ4v) is 2.29. The molecule has 1 heterocycles. The Kier molecular flexibility index (Phi) is 2.01. The molecule has 74 valence electrons. The van der Waals surface area contributed by atoms with Crippen LogP contribution < -0.4 is 0 Å². The van der Waals surface area contributed by atoms with Crippen molar-refractivity contribution in [1.29, 1.82) is 0 Å². The number of rotatable bonds is 1. The van der Waals surface area contributed by atoms with Crippen LogP contribution in [0.3, 0.4) is 0 Å². The van der Waals surface area contributed by atoms with Gasteiger partial charge in [0.1, 0.15) is 5.52 Å². The number of sulfone groups is 1. The van der Waals surface area contributed by atoms with Crippen molar-refractivity contribution >= 4 is 32.5 Å². The van der Waals surface area contributed by atoms with Crippen LogP contribution in [0, 0.1) is 0 Å². The lowest BCUT2D eigenvalue weighted by Gasteiger charge is -1.97. The van der Waals surface area contributed by atoms with Crippen molar-refractivity contribution in [2.24, 2.45) is 0 Å². The van der Waals surface area contributed by atoms with Crippen molar-refractivity contribution in [2.75, 3.05) is 6.26 Å². The quantitative estimate of drug-likeness (QED) is 0.810. The maximum atomic E-state index is 11.4. The van der Waals surface area contributed by atoms with Crippen molar-refractivity contribution in [3.63, 3.8) is 0 Å². The smallest absolute Gasteiger partial charge is 0.201 e. The summed E-state index contributed by atoms with van der Waals surface area (Å²) in [6.45, 7) is 0. The van der Waals surface area contributed by atoms with Gasteiger partial charge in [0, 0.05) is 6.26 Å². The monoisotopic (exact) mass is 230 g/mol. The highest BCUT2D eigenvalue weighted by molar-refractivity contribution is 7.91. The van der Waals surface area contributed by atoms with Crippen LogP contribution in [0.5, 0.6) is 0 Å². The molecule has 0 aliphatic carbocycles. The van der Waals surface area contributed by atoms with Crippen LogP contribution in [0.1, 0.15) is 0 Å². The third-order valence-corrected chi connectivity index (χ3v) is 3.15. The van der Waals surface area contributed by atoms with E-state index in [1.165, 1.54) is 6.07 Å². The molecule has 0 unspecified atom stereocenters. The molecular weight excluding hydrogens is 224 g/mol. The molecule has 0 fully saturated rings. The summed E-state index contributed by atoms with van der Waals surface area (Å²) >= 11 is 5.64. The number of imidazole rings is 1. The van der Waals surface area contributed by atoms with Crippen LogP contribution in [0.15, 0.2) is 23.1 Å².